The fourth-order valence-corrected chi connectivity index (χ4v) is 5.92. The maximum atomic E-state index is 15.1. The van der Waals surface area contributed by atoms with Gasteiger partial charge < -0.3 is 15.3 Å². The van der Waals surface area contributed by atoms with Crippen molar-refractivity contribution in [2.75, 3.05) is 11.9 Å². The summed E-state index contributed by atoms with van der Waals surface area (Å²) >= 11 is 6.04. The van der Waals surface area contributed by atoms with Gasteiger partial charge in [-0.2, -0.15) is 0 Å². The average molecular weight is 589 g/mol. The number of hydrogen-bond acceptors (Lipinski definition) is 4. The summed E-state index contributed by atoms with van der Waals surface area (Å²) in [6, 6.07) is 14.6. The van der Waals surface area contributed by atoms with Crippen LogP contribution in [0.5, 0.6) is 0 Å². The molecule has 0 aliphatic carbocycles. The van der Waals surface area contributed by atoms with Crippen molar-refractivity contribution in [3.05, 3.63) is 93.8 Å². The van der Waals surface area contributed by atoms with Crippen LogP contribution in [0.2, 0.25) is 5.02 Å². The number of ketones is 1. The zero-order valence-electron chi connectivity index (χ0n) is 23.2. The van der Waals surface area contributed by atoms with Crippen molar-refractivity contribution >= 4 is 46.4 Å². The molecule has 3 aromatic carbocycles. The number of amides is 2. The average Bonchev–Trinajstić information content (AvgIpc) is 2.96. The molecule has 7 nitrogen and oxygen atoms in total. The predicted molar refractivity (Wildman–Crippen MR) is 159 cm³/mol. The van der Waals surface area contributed by atoms with Crippen LogP contribution in [-0.4, -0.2) is 40.1 Å². The highest BCUT2D eigenvalue weighted by Crippen LogP contribution is 2.38. The van der Waals surface area contributed by atoms with Gasteiger partial charge in [0, 0.05) is 40.9 Å². The number of fused-ring (bicyclic) bond motifs is 4. The second-order valence-electron chi connectivity index (χ2n) is 10.8. The van der Waals surface area contributed by atoms with Gasteiger partial charge in [0.15, 0.2) is 5.78 Å². The molecule has 2 bridgehead atoms. The molecule has 9 heteroatoms. The van der Waals surface area contributed by atoms with Crippen molar-refractivity contribution < 1.29 is 28.7 Å². The second kappa shape index (κ2) is 11.9. The first-order chi connectivity index (χ1) is 20.0. The van der Waals surface area contributed by atoms with Crippen LogP contribution in [0.3, 0.4) is 0 Å². The Morgan fingerprint density at radius 1 is 1.07 bits per heavy atom. The van der Waals surface area contributed by atoms with Gasteiger partial charge in [-0.3, -0.25) is 14.4 Å². The number of carbonyl (C=O) groups excluding carboxylic acids is 3. The van der Waals surface area contributed by atoms with Gasteiger partial charge in [0.05, 0.1) is 16.6 Å². The van der Waals surface area contributed by atoms with Crippen LogP contribution in [0.1, 0.15) is 77.4 Å². The zero-order chi connectivity index (χ0) is 30.1. The standard InChI is InChI=1S/C33H30ClFN2O5/c1-18-5-3-8-28(37-14-13-22(17-29(37)39)30-24(19(2)38)10-11-26(34)31(30)35)21-7-4-6-20(15-21)25-16-23(33(41)42)9-12-27(25)36-32(18)40/h4,6-7,9-12,15-18,28H,3,5,8,13-14H2,1-2H3,(H,36,40)(H,41,42)/t18-,28+/m1/s1. The SMILES string of the molecule is CC(=O)c1ccc(Cl)c(F)c1C1=CC(=O)N([C@H]2CCC[C@@H](C)C(=O)Nc3ccc(C(=O)O)cc3-c3cccc2c3)CC1. The molecule has 216 valence electrons. The summed E-state index contributed by atoms with van der Waals surface area (Å²) < 4.78 is 15.1. The van der Waals surface area contributed by atoms with Crippen LogP contribution in [-0.2, 0) is 9.59 Å². The van der Waals surface area contributed by atoms with Gasteiger partial charge in [-0.05, 0) is 79.3 Å². The van der Waals surface area contributed by atoms with E-state index in [0.29, 0.717) is 54.6 Å². The molecule has 5 rings (SSSR count). The number of halogens is 2. The van der Waals surface area contributed by atoms with Gasteiger partial charge in [0.2, 0.25) is 11.8 Å². The molecule has 2 aliphatic rings. The summed E-state index contributed by atoms with van der Waals surface area (Å²) in [5.74, 6) is -2.91. The molecule has 0 aromatic heterocycles. The van der Waals surface area contributed by atoms with E-state index in [-0.39, 0.29) is 51.3 Å². The smallest absolute Gasteiger partial charge is 0.335 e. The molecular weight excluding hydrogens is 559 g/mol. The van der Waals surface area contributed by atoms with E-state index in [1.165, 1.54) is 37.3 Å². The van der Waals surface area contributed by atoms with E-state index in [4.69, 9.17) is 11.6 Å². The van der Waals surface area contributed by atoms with Crippen molar-refractivity contribution in [3.63, 3.8) is 0 Å². The molecule has 0 saturated carbocycles. The lowest BCUT2D eigenvalue weighted by Gasteiger charge is -2.35. The number of carboxylic acid groups (broad SMARTS) is 1. The van der Waals surface area contributed by atoms with Crippen molar-refractivity contribution in [3.8, 4) is 11.1 Å². The van der Waals surface area contributed by atoms with Gasteiger partial charge in [0.1, 0.15) is 5.82 Å². The monoisotopic (exact) mass is 588 g/mol. The minimum absolute atomic E-state index is 0.0642. The molecule has 2 heterocycles. The maximum Gasteiger partial charge on any atom is 0.335 e. The first-order valence-electron chi connectivity index (χ1n) is 13.8. The van der Waals surface area contributed by atoms with Gasteiger partial charge in [-0.15, -0.1) is 0 Å². The first-order valence-corrected chi connectivity index (χ1v) is 14.2. The first kappa shape index (κ1) is 29.2. The Morgan fingerprint density at radius 3 is 2.57 bits per heavy atom. The highest BCUT2D eigenvalue weighted by Gasteiger charge is 2.31. The predicted octanol–water partition coefficient (Wildman–Crippen LogP) is 7.16. The number of nitrogens with one attached hydrogen (secondary N) is 1. The van der Waals surface area contributed by atoms with E-state index in [9.17, 15) is 24.3 Å². The topological polar surface area (TPSA) is 104 Å². The number of aromatic carboxylic acids is 1. The number of rotatable bonds is 4. The summed E-state index contributed by atoms with van der Waals surface area (Å²) in [5.41, 5.74) is 3.40. The van der Waals surface area contributed by atoms with Crippen LogP contribution in [0.4, 0.5) is 10.1 Å². The lowest BCUT2D eigenvalue weighted by molar-refractivity contribution is -0.129. The van der Waals surface area contributed by atoms with Crippen molar-refractivity contribution in [1.29, 1.82) is 0 Å². The Bertz CT molecular complexity index is 1650. The molecule has 2 amide bonds. The van der Waals surface area contributed by atoms with Crippen LogP contribution in [0, 0.1) is 11.7 Å². The minimum atomic E-state index is -1.08. The van der Waals surface area contributed by atoms with Crippen LogP contribution in [0.25, 0.3) is 16.7 Å². The van der Waals surface area contributed by atoms with Crippen molar-refractivity contribution in [1.82, 2.24) is 4.90 Å². The second-order valence-corrected chi connectivity index (χ2v) is 11.2. The number of nitrogens with zero attached hydrogens (tertiary/aromatic N) is 1. The number of benzene rings is 3. The summed E-state index contributed by atoms with van der Waals surface area (Å²) in [6.45, 7) is 3.48. The molecule has 0 saturated heterocycles. The fraction of sp³-hybridized carbons (Fsp3) is 0.273. The quantitative estimate of drug-likeness (QED) is 0.315. The molecule has 3 aromatic rings. The fourth-order valence-electron chi connectivity index (χ4n) is 5.77. The van der Waals surface area contributed by atoms with E-state index in [1.807, 2.05) is 31.2 Å². The highest BCUT2D eigenvalue weighted by atomic mass is 35.5. The molecule has 0 fully saturated rings. The summed E-state index contributed by atoms with van der Waals surface area (Å²) in [7, 11) is 0. The zero-order valence-corrected chi connectivity index (χ0v) is 24.0. The molecule has 0 unspecified atom stereocenters. The third kappa shape index (κ3) is 5.72. The van der Waals surface area contributed by atoms with E-state index < -0.39 is 11.8 Å². The summed E-state index contributed by atoms with van der Waals surface area (Å²) in [6.07, 6.45) is 3.55. The van der Waals surface area contributed by atoms with E-state index in [2.05, 4.69) is 5.32 Å². The molecule has 0 radical (unpaired) electrons. The number of hydrogen-bond donors (Lipinski definition) is 2. The third-order valence-electron chi connectivity index (χ3n) is 8.04. The van der Waals surface area contributed by atoms with Crippen LogP contribution in [0.15, 0.2) is 60.7 Å². The Kier molecular flexibility index (Phi) is 8.27. The summed E-state index contributed by atoms with van der Waals surface area (Å²) in [4.78, 5) is 52.4. The largest absolute Gasteiger partial charge is 0.478 e. The number of anilines is 1. The number of Topliss-reactive ketones (excluding diaryl/α,β-unsaturated/α-hetero) is 1. The molecule has 2 N–H and O–H groups in total. The molecular formula is C33H30ClFN2O5. The molecule has 2 aliphatic heterocycles. The molecule has 2 atom stereocenters. The van der Waals surface area contributed by atoms with Crippen LogP contribution < -0.4 is 5.32 Å². The van der Waals surface area contributed by atoms with E-state index in [0.717, 1.165) is 5.56 Å². The minimum Gasteiger partial charge on any atom is -0.478 e. The van der Waals surface area contributed by atoms with Gasteiger partial charge >= 0.3 is 5.97 Å². The van der Waals surface area contributed by atoms with E-state index in [1.54, 1.807) is 11.0 Å². The lowest BCUT2D eigenvalue weighted by atomic mass is 9.89. The lowest BCUT2D eigenvalue weighted by Crippen LogP contribution is -2.37. The number of carbonyl (C=O) groups is 4. The van der Waals surface area contributed by atoms with Gasteiger partial charge in [-0.1, -0.05) is 43.1 Å². The Morgan fingerprint density at radius 2 is 1.86 bits per heavy atom. The van der Waals surface area contributed by atoms with Crippen LogP contribution >= 0.6 is 11.6 Å². The van der Waals surface area contributed by atoms with E-state index >= 15 is 4.39 Å². The van der Waals surface area contributed by atoms with Gasteiger partial charge in [-0.25, -0.2) is 9.18 Å². The Hall–Kier alpha value is -4.30. The summed E-state index contributed by atoms with van der Waals surface area (Å²) in [5, 5.41) is 12.4. The maximum absolute atomic E-state index is 15.1. The Balaban J connectivity index is 1.56. The third-order valence-corrected chi connectivity index (χ3v) is 8.34. The number of carboxylic acids is 1. The Labute approximate surface area is 248 Å². The van der Waals surface area contributed by atoms with Gasteiger partial charge in [0.25, 0.3) is 0 Å². The molecule has 42 heavy (non-hydrogen) atoms. The van der Waals surface area contributed by atoms with Crippen molar-refractivity contribution in [2.45, 2.75) is 45.6 Å². The highest BCUT2D eigenvalue weighted by molar-refractivity contribution is 6.31. The van der Waals surface area contributed by atoms with Crippen molar-refractivity contribution in [2.24, 2.45) is 5.92 Å². The molecule has 0 spiro atoms. The normalized spacial score (nSPS) is 19.1.